The van der Waals surface area contributed by atoms with Gasteiger partial charge in [0.1, 0.15) is 11.5 Å². The Balaban J connectivity index is 1.65. The number of methoxy groups -OCH3 is 1. The maximum absolute atomic E-state index is 5.74. The summed E-state index contributed by atoms with van der Waals surface area (Å²) >= 11 is 0. The van der Waals surface area contributed by atoms with Gasteiger partial charge in [-0.1, -0.05) is 25.5 Å². The molecule has 0 aliphatic rings. The standard InChI is InChI=1S/C21H24N2O2/c1-3-4-11-25-20-10-7-17-12-18(15-23-21(17)13-20)22-14-16-5-8-19(24-2)9-6-16/h5-10,12-13,15,22H,3-4,11,14H2,1-2H3. The minimum absolute atomic E-state index is 0.745. The molecule has 3 aromatic rings. The molecule has 1 aromatic heterocycles. The Morgan fingerprint density at radius 1 is 1.00 bits per heavy atom. The summed E-state index contributed by atoms with van der Waals surface area (Å²) in [5.41, 5.74) is 3.15. The number of hydrogen-bond donors (Lipinski definition) is 1. The van der Waals surface area contributed by atoms with Gasteiger partial charge in [0.25, 0.3) is 0 Å². The summed E-state index contributed by atoms with van der Waals surface area (Å²) in [6.07, 6.45) is 4.07. The van der Waals surface area contributed by atoms with Crippen molar-refractivity contribution < 1.29 is 9.47 Å². The van der Waals surface area contributed by atoms with E-state index in [9.17, 15) is 0 Å². The van der Waals surface area contributed by atoms with Crippen LogP contribution in [-0.4, -0.2) is 18.7 Å². The van der Waals surface area contributed by atoms with E-state index in [4.69, 9.17) is 9.47 Å². The van der Waals surface area contributed by atoms with E-state index < -0.39 is 0 Å². The first-order valence-corrected chi connectivity index (χ1v) is 8.68. The molecule has 4 heteroatoms. The molecule has 4 nitrogen and oxygen atoms in total. The van der Waals surface area contributed by atoms with Crippen LogP contribution < -0.4 is 14.8 Å². The highest BCUT2D eigenvalue weighted by atomic mass is 16.5. The molecule has 1 N–H and O–H groups in total. The molecular weight excluding hydrogens is 312 g/mol. The van der Waals surface area contributed by atoms with Crippen LogP contribution in [0.1, 0.15) is 25.3 Å². The molecule has 1 heterocycles. The number of nitrogens with zero attached hydrogens (tertiary/aromatic N) is 1. The van der Waals surface area contributed by atoms with Crippen LogP contribution in [-0.2, 0) is 6.54 Å². The van der Waals surface area contributed by atoms with E-state index >= 15 is 0 Å². The lowest BCUT2D eigenvalue weighted by Crippen LogP contribution is -2.00. The third-order valence-corrected chi connectivity index (χ3v) is 4.08. The molecule has 0 amide bonds. The van der Waals surface area contributed by atoms with Gasteiger partial charge in [-0.05, 0) is 42.3 Å². The maximum Gasteiger partial charge on any atom is 0.121 e. The molecule has 25 heavy (non-hydrogen) atoms. The van der Waals surface area contributed by atoms with Crippen molar-refractivity contribution in [1.29, 1.82) is 0 Å². The van der Waals surface area contributed by atoms with Crippen molar-refractivity contribution in [3.63, 3.8) is 0 Å². The second-order valence-corrected chi connectivity index (χ2v) is 5.98. The third kappa shape index (κ3) is 4.63. The van der Waals surface area contributed by atoms with Gasteiger partial charge in [-0.2, -0.15) is 0 Å². The number of pyridine rings is 1. The first-order valence-electron chi connectivity index (χ1n) is 8.68. The van der Waals surface area contributed by atoms with Crippen LogP contribution in [0.15, 0.2) is 54.7 Å². The zero-order valence-corrected chi connectivity index (χ0v) is 14.8. The summed E-state index contributed by atoms with van der Waals surface area (Å²) in [4.78, 5) is 4.55. The molecule has 0 bridgehead atoms. The molecule has 0 fully saturated rings. The Kier molecular flexibility index (Phi) is 5.73. The van der Waals surface area contributed by atoms with Crippen LogP contribution in [0.2, 0.25) is 0 Å². The number of ether oxygens (including phenoxy) is 2. The van der Waals surface area contributed by atoms with Crippen LogP contribution in [0.5, 0.6) is 11.5 Å². The average Bonchev–Trinajstić information content (AvgIpc) is 2.67. The molecule has 0 spiro atoms. The molecule has 0 atom stereocenters. The van der Waals surface area contributed by atoms with Crippen molar-refractivity contribution in [3.05, 3.63) is 60.3 Å². The molecule has 2 aromatic carbocycles. The van der Waals surface area contributed by atoms with Gasteiger partial charge in [-0.3, -0.25) is 4.98 Å². The van der Waals surface area contributed by atoms with Crippen LogP contribution in [0, 0.1) is 0 Å². The second kappa shape index (κ2) is 8.38. The lowest BCUT2D eigenvalue weighted by Gasteiger charge is -2.09. The lowest BCUT2D eigenvalue weighted by atomic mass is 10.2. The maximum atomic E-state index is 5.74. The summed E-state index contributed by atoms with van der Waals surface area (Å²) in [5, 5.41) is 4.51. The fourth-order valence-corrected chi connectivity index (χ4v) is 2.57. The van der Waals surface area contributed by atoms with E-state index in [0.717, 1.165) is 54.1 Å². The quantitative estimate of drug-likeness (QED) is 0.586. The largest absolute Gasteiger partial charge is 0.497 e. The van der Waals surface area contributed by atoms with E-state index in [1.807, 2.05) is 30.5 Å². The van der Waals surface area contributed by atoms with Crippen molar-refractivity contribution in [2.75, 3.05) is 19.0 Å². The van der Waals surface area contributed by atoms with Gasteiger partial charge < -0.3 is 14.8 Å². The van der Waals surface area contributed by atoms with Crippen molar-refractivity contribution in [2.24, 2.45) is 0 Å². The lowest BCUT2D eigenvalue weighted by molar-refractivity contribution is 0.310. The number of aromatic nitrogens is 1. The fraction of sp³-hybridized carbons (Fsp3) is 0.286. The molecule has 0 unspecified atom stereocenters. The van der Waals surface area contributed by atoms with Gasteiger partial charge in [-0.15, -0.1) is 0 Å². The van der Waals surface area contributed by atoms with Gasteiger partial charge in [0, 0.05) is 18.0 Å². The van der Waals surface area contributed by atoms with Crippen LogP contribution >= 0.6 is 0 Å². The number of rotatable bonds is 8. The molecule has 3 rings (SSSR count). The number of anilines is 1. The van der Waals surface area contributed by atoms with E-state index in [-0.39, 0.29) is 0 Å². The van der Waals surface area contributed by atoms with Gasteiger partial charge in [0.05, 0.1) is 31.1 Å². The van der Waals surface area contributed by atoms with Gasteiger partial charge in [0.15, 0.2) is 0 Å². The van der Waals surface area contributed by atoms with Gasteiger partial charge in [0.2, 0.25) is 0 Å². The van der Waals surface area contributed by atoms with Crippen LogP contribution in [0.4, 0.5) is 5.69 Å². The Bertz CT molecular complexity index is 816. The number of benzene rings is 2. The fourth-order valence-electron chi connectivity index (χ4n) is 2.57. The highest BCUT2D eigenvalue weighted by Gasteiger charge is 2.02. The summed E-state index contributed by atoms with van der Waals surface area (Å²) in [7, 11) is 1.67. The molecule has 0 saturated carbocycles. The molecule has 0 aliphatic heterocycles. The number of fused-ring (bicyclic) bond motifs is 1. The number of hydrogen-bond acceptors (Lipinski definition) is 4. The number of nitrogens with one attached hydrogen (secondary N) is 1. The SMILES string of the molecule is CCCCOc1ccc2cc(NCc3ccc(OC)cc3)cnc2c1. The number of unbranched alkanes of at least 4 members (excludes halogenated alkanes) is 1. The first kappa shape index (κ1) is 17.1. The van der Waals surface area contributed by atoms with Crippen molar-refractivity contribution in [3.8, 4) is 11.5 Å². The monoisotopic (exact) mass is 336 g/mol. The normalized spacial score (nSPS) is 10.6. The average molecular weight is 336 g/mol. The Morgan fingerprint density at radius 2 is 1.80 bits per heavy atom. The summed E-state index contributed by atoms with van der Waals surface area (Å²) in [6.45, 7) is 3.66. The van der Waals surface area contributed by atoms with Crippen LogP contribution in [0.25, 0.3) is 10.9 Å². The Hall–Kier alpha value is -2.75. The third-order valence-electron chi connectivity index (χ3n) is 4.08. The molecule has 0 radical (unpaired) electrons. The molecule has 0 aliphatic carbocycles. The van der Waals surface area contributed by atoms with E-state index in [0.29, 0.717) is 0 Å². The topological polar surface area (TPSA) is 43.4 Å². The highest BCUT2D eigenvalue weighted by molar-refractivity contribution is 5.82. The van der Waals surface area contributed by atoms with E-state index in [2.05, 4.69) is 41.5 Å². The Morgan fingerprint density at radius 3 is 2.56 bits per heavy atom. The van der Waals surface area contributed by atoms with Gasteiger partial charge in [-0.25, -0.2) is 0 Å². The van der Waals surface area contributed by atoms with Crippen molar-refractivity contribution >= 4 is 16.6 Å². The zero-order chi connectivity index (χ0) is 17.5. The summed E-state index contributed by atoms with van der Waals surface area (Å²) < 4.78 is 10.9. The first-order chi connectivity index (χ1) is 12.3. The van der Waals surface area contributed by atoms with E-state index in [1.165, 1.54) is 5.56 Å². The smallest absolute Gasteiger partial charge is 0.121 e. The van der Waals surface area contributed by atoms with Gasteiger partial charge >= 0.3 is 0 Å². The predicted octanol–water partition coefficient (Wildman–Crippen LogP) is 5.03. The minimum Gasteiger partial charge on any atom is -0.497 e. The molecule has 130 valence electrons. The minimum atomic E-state index is 0.745. The molecular formula is C21H24N2O2. The van der Waals surface area contributed by atoms with Crippen molar-refractivity contribution in [2.45, 2.75) is 26.3 Å². The predicted molar refractivity (Wildman–Crippen MR) is 102 cm³/mol. The van der Waals surface area contributed by atoms with E-state index in [1.54, 1.807) is 7.11 Å². The molecule has 0 saturated heterocycles. The summed E-state index contributed by atoms with van der Waals surface area (Å²) in [5.74, 6) is 1.75. The van der Waals surface area contributed by atoms with Crippen LogP contribution in [0.3, 0.4) is 0 Å². The van der Waals surface area contributed by atoms with Crippen molar-refractivity contribution in [1.82, 2.24) is 4.98 Å². The zero-order valence-electron chi connectivity index (χ0n) is 14.8. The highest BCUT2D eigenvalue weighted by Crippen LogP contribution is 2.22. The Labute approximate surface area is 148 Å². The summed E-state index contributed by atoms with van der Waals surface area (Å²) in [6, 6.07) is 16.2. The second-order valence-electron chi connectivity index (χ2n) is 5.98.